The highest BCUT2D eigenvalue weighted by molar-refractivity contribution is 5.81. The van der Waals surface area contributed by atoms with E-state index in [0.29, 0.717) is 31.2 Å². The molecule has 0 unspecified atom stereocenters. The van der Waals surface area contributed by atoms with E-state index in [-0.39, 0.29) is 18.0 Å². The number of nitrogens with zero attached hydrogens (tertiary/aromatic N) is 1. The molecule has 6 heteroatoms. The lowest BCUT2D eigenvalue weighted by atomic mass is 10.0. The molecule has 0 spiro atoms. The quantitative estimate of drug-likeness (QED) is 0.712. The van der Waals surface area contributed by atoms with Crippen LogP contribution in [-0.2, 0) is 9.53 Å². The summed E-state index contributed by atoms with van der Waals surface area (Å²) in [5, 5.41) is 5.84. The fourth-order valence-corrected chi connectivity index (χ4v) is 3.59. The van der Waals surface area contributed by atoms with Crippen LogP contribution in [-0.4, -0.2) is 54.2 Å². The van der Waals surface area contributed by atoms with Gasteiger partial charge in [0.15, 0.2) is 0 Å². The summed E-state index contributed by atoms with van der Waals surface area (Å²) >= 11 is 0. The van der Waals surface area contributed by atoms with Gasteiger partial charge in [0.05, 0.1) is 12.6 Å². The van der Waals surface area contributed by atoms with Crippen molar-refractivity contribution in [3.05, 3.63) is 0 Å². The molecular formula is C18H35N3O3. The highest BCUT2D eigenvalue weighted by Gasteiger charge is 2.34. The second-order valence-electron chi connectivity index (χ2n) is 7.34. The minimum absolute atomic E-state index is 0.0232. The zero-order valence-electron chi connectivity index (χ0n) is 16.1. The Morgan fingerprint density at radius 3 is 2.25 bits per heavy atom. The number of likely N-dealkylation sites (tertiary alicyclic amines) is 1. The van der Waals surface area contributed by atoms with Crippen LogP contribution in [0.4, 0.5) is 4.79 Å². The Morgan fingerprint density at radius 2 is 1.75 bits per heavy atom. The Kier molecular flexibility index (Phi) is 8.53. The van der Waals surface area contributed by atoms with Crippen LogP contribution in [0.15, 0.2) is 0 Å². The molecule has 0 aliphatic carbocycles. The van der Waals surface area contributed by atoms with Crippen molar-refractivity contribution in [2.45, 2.75) is 85.0 Å². The molecule has 1 saturated heterocycles. The zero-order valence-corrected chi connectivity index (χ0v) is 16.1. The molecule has 0 aromatic carbocycles. The minimum Gasteiger partial charge on any atom is -0.450 e. The summed E-state index contributed by atoms with van der Waals surface area (Å²) in [4.78, 5) is 26.5. The summed E-state index contributed by atoms with van der Waals surface area (Å²) in [6.45, 7) is 13.1. The first-order valence-corrected chi connectivity index (χ1v) is 9.24. The first kappa shape index (κ1) is 20.7. The molecule has 1 fully saturated rings. The monoisotopic (exact) mass is 341 g/mol. The van der Waals surface area contributed by atoms with Crippen LogP contribution in [0.25, 0.3) is 0 Å². The summed E-state index contributed by atoms with van der Waals surface area (Å²) in [7, 11) is 0. The number of alkyl carbamates (subject to hydrolysis) is 1. The molecule has 6 nitrogen and oxygen atoms in total. The molecule has 140 valence electrons. The van der Waals surface area contributed by atoms with Gasteiger partial charge in [0.2, 0.25) is 5.91 Å². The fourth-order valence-electron chi connectivity index (χ4n) is 3.59. The summed E-state index contributed by atoms with van der Waals surface area (Å²) in [5.74, 6) is 0.444. The SMILES string of the molecule is CCOC(=O)N[C@H](CNC(=O)[C@H](C)N1[C@H](C)CC[C@H]1C)CC(C)C. The summed E-state index contributed by atoms with van der Waals surface area (Å²) in [6.07, 6.45) is 2.65. The minimum atomic E-state index is -0.424. The van der Waals surface area contributed by atoms with Gasteiger partial charge in [-0.1, -0.05) is 13.8 Å². The lowest BCUT2D eigenvalue weighted by Gasteiger charge is -2.32. The van der Waals surface area contributed by atoms with Gasteiger partial charge < -0.3 is 15.4 Å². The van der Waals surface area contributed by atoms with Crippen molar-refractivity contribution >= 4 is 12.0 Å². The Morgan fingerprint density at radius 1 is 1.17 bits per heavy atom. The van der Waals surface area contributed by atoms with Gasteiger partial charge in [0.1, 0.15) is 0 Å². The van der Waals surface area contributed by atoms with E-state index in [4.69, 9.17) is 4.74 Å². The maximum absolute atomic E-state index is 12.5. The van der Waals surface area contributed by atoms with E-state index in [1.54, 1.807) is 6.92 Å². The highest BCUT2D eigenvalue weighted by atomic mass is 16.5. The van der Waals surface area contributed by atoms with Crippen molar-refractivity contribution < 1.29 is 14.3 Å². The molecule has 24 heavy (non-hydrogen) atoms. The van der Waals surface area contributed by atoms with E-state index in [1.807, 2.05) is 6.92 Å². The third-order valence-corrected chi connectivity index (χ3v) is 4.72. The Balaban J connectivity index is 2.54. The first-order valence-electron chi connectivity index (χ1n) is 9.24. The van der Waals surface area contributed by atoms with Gasteiger partial charge in [-0.25, -0.2) is 4.79 Å². The lowest BCUT2D eigenvalue weighted by molar-refractivity contribution is -0.127. The zero-order chi connectivity index (χ0) is 18.3. The third-order valence-electron chi connectivity index (χ3n) is 4.72. The van der Waals surface area contributed by atoms with Crippen LogP contribution in [0.2, 0.25) is 0 Å². The van der Waals surface area contributed by atoms with Crippen molar-refractivity contribution in [3.8, 4) is 0 Å². The van der Waals surface area contributed by atoms with Crippen molar-refractivity contribution in [3.63, 3.8) is 0 Å². The topological polar surface area (TPSA) is 70.7 Å². The Hall–Kier alpha value is -1.30. The Bertz CT molecular complexity index is 404. The average molecular weight is 341 g/mol. The molecule has 0 saturated carbocycles. The molecular weight excluding hydrogens is 306 g/mol. The van der Waals surface area contributed by atoms with Crippen molar-refractivity contribution in [2.24, 2.45) is 5.92 Å². The van der Waals surface area contributed by atoms with Crippen LogP contribution in [0.3, 0.4) is 0 Å². The molecule has 0 aromatic heterocycles. The number of amides is 2. The predicted octanol–water partition coefficient (Wildman–Crippen LogP) is 2.52. The maximum Gasteiger partial charge on any atom is 0.407 e. The smallest absolute Gasteiger partial charge is 0.407 e. The molecule has 2 N–H and O–H groups in total. The number of hydrogen-bond donors (Lipinski definition) is 2. The van der Waals surface area contributed by atoms with E-state index < -0.39 is 6.09 Å². The van der Waals surface area contributed by atoms with E-state index in [1.165, 1.54) is 0 Å². The van der Waals surface area contributed by atoms with E-state index >= 15 is 0 Å². The van der Waals surface area contributed by atoms with E-state index in [0.717, 1.165) is 19.3 Å². The van der Waals surface area contributed by atoms with Crippen molar-refractivity contribution in [2.75, 3.05) is 13.2 Å². The molecule has 1 aliphatic heterocycles. The lowest BCUT2D eigenvalue weighted by Crippen LogP contribution is -2.52. The van der Waals surface area contributed by atoms with Gasteiger partial charge in [-0.3, -0.25) is 9.69 Å². The van der Waals surface area contributed by atoms with E-state index in [9.17, 15) is 9.59 Å². The third kappa shape index (κ3) is 6.30. The van der Waals surface area contributed by atoms with Crippen molar-refractivity contribution in [1.29, 1.82) is 0 Å². The van der Waals surface area contributed by atoms with Gasteiger partial charge in [-0.15, -0.1) is 0 Å². The molecule has 0 aromatic rings. The second-order valence-corrected chi connectivity index (χ2v) is 7.34. The number of rotatable bonds is 8. The summed E-state index contributed by atoms with van der Waals surface area (Å²) in [6, 6.07) is 0.600. The van der Waals surface area contributed by atoms with Gasteiger partial charge >= 0.3 is 6.09 Å². The molecule has 1 aliphatic rings. The number of carbonyl (C=O) groups is 2. The summed E-state index contributed by atoms with van der Waals surface area (Å²) < 4.78 is 4.95. The first-order chi connectivity index (χ1) is 11.3. The molecule has 4 atom stereocenters. The van der Waals surface area contributed by atoms with Gasteiger partial charge in [0.25, 0.3) is 0 Å². The summed E-state index contributed by atoms with van der Waals surface area (Å²) in [5.41, 5.74) is 0. The van der Waals surface area contributed by atoms with Gasteiger partial charge in [-0.05, 0) is 52.9 Å². The van der Waals surface area contributed by atoms with Crippen molar-refractivity contribution in [1.82, 2.24) is 15.5 Å². The van der Waals surface area contributed by atoms with Crippen LogP contribution >= 0.6 is 0 Å². The van der Waals surface area contributed by atoms with Crippen LogP contribution in [0, 0.1) is 5.92 Å². The fraction of sp³-hybridized carbons (Fsp3) is 0.889. The Labute approximate surface area is 146 Å². The second kappa shape index (κ2) is 9.87. The molecule has 0 bridgehead atoms. The van der Waals surface area contributed by atoms with Crippen LogP contribution < -0.4 is 10.6 Å². The normalized spacial score (nSPS) is 23.8. The van der Waals surface area contributed by atoms with Crippen LogP contribution in [0.5, 0.6) is 0 Å². The standard InChI is InChI=1S/C18H35N3O3/c1-7-24-18(23)20-16(10-12(2)3)11-19-17(22)15(6)21-13(4)8-9-14(21)5/h12-16H,7-11H2,1-6H3,(H,19,22)(H,20,23)/t13-,14-,15+,16+/m1/s1. The highest BCUT2D eigenvalue weighted by Crippen LogP contribution is 2.25. The number of ether oxygens (including phenoxy) is 1. The number of hydrogen-bond acceptors (Lipinski definition) is 4. The van der Waals surface area contributed by atoms with Gasteiger partial charge in [-0.2, -0.15) is 0 Å². The van der Waals surface area contributed by atoms with Gasteiger partial charge in [0, 0.05) is 24.7 Å². The molecule has 2 amide bonds. The van der Waals surface area contributed by atoms with Crippen LogP contribution in [0.1, 0.15) is 60.8 Å². The van der Waals surface area contributed by atoms with E-state index in [2.05, 4.69) is 43.2 Å². The largest absolute Gasteiger partial charge is 0.450 e. The molecule has 1 heterocycles. The number of nitrogens with one attached hydrogen (secondary N) is 2. The average Bonchev–Trinajstić information content (AvgIpc) is 2.82. The predicted molar refractivity (Wildman–Crippen MR) is 95.9 cm³/mol. The molecule has 1 rings (SSSR count). The molecule has 0 radical (unpaired) electrons. The number of carbonyl (C=O) groups excluding carboxylic acids is 2. The maximum atomic E-state index is 12.5.